The van der Waals surface area contributed by atoms with Crippen LogP contribution in [0.2, 0.25) is 0 Å². The van der Waals surface area contributed by atoms with Crippen LogP contribution < -0.4 is 24.8 Å². The number of hydrogen-bond donors (Lipinski definition) is 2. The van der Waals surface area contributed by atoms with Crippen LogP contribution in [0.1, 0.15) is 37.0 Å². The first-order valence-corrected chi connectivity index (χ1v) is 14.6. The predicted octanol–water partition coefficient (Wildman–Crippen LogP) is 4.58. The number of thiazole rings is 1. The Balaban J connectivity index is 1.53. The van der Waals surface area contributed by atoms with Gasteiger partial charge in [-0.05, 0) is 45.0 Å². The maximum atomic E-state index is 13.2. The summed E-state index contributed by atoms with van der Waals surface area (Å²) >= 11 is 2.58. The minimum absolute atomic E-state index is 0.0910. The zero-order chi connectivity index (χ0) is 28.3. The normalized spacial score (nSPS) is 10.7. The van der Waals surface area contributed by atoms with Crippen molar-refractivity contribution in [1.29, 1.82) is 0 Å². The third-order valence-electron chi connectivity index (χ3n) is 5.30. The SMILES string of the molecule is CCOc1cc(C(=O)NCc2nnc(SCC(=O)Nc3nccs3)n2-c2ccccc2)cc(OCC)c1OCC. The van der Waals surface area contributed by atoms with Crippen molar-refractivity contribution in [3.05, 3.63) is 65.4 Å². The van der Waals surface area contributed by atoms with Crippen molar-refractivity contribution in [1.82, 2.24) is 25.1 Å². The third-order valence-corrected chi connectivity index (χ3v) is 6.92. The van der Waals surface area contributed by atoms with Gasteiger partial charge >= 0.3 is 0 Å². The van der Waals surface area contributed by atoms with Gasteiger partial charge in [-0.1, -0.05) is 30.0 Å². The fraction of sp³-hybridized carbons (Fsp3) is 0.296. The zero-order valence-corrected chi connectivity index (χ0v) is 24.0. The highest BCUT2D eigenvalue weighted by molar-refractivity contribution is 7.99. The summed E-state index contributed by atoms with van der Waals surface area (Å²) in [6, 6.07) is 12.8. The van der Waals surface area contributed by atoms with E-state index in [2.05, 4.69) is 25.8 Å². The molecule has 0 radical (unpaired) electrons. The third kappa shape index (κ3) is 7.30. The van der Waals surface area contributed by atoms with Crippen LogP contribution in [0.25, 0.3) is 5.69 Å². The van der Waals surface area contributed by atoms with Gasteiger partial charge in [0.25, 0.3) is 5.91 Å². The molecule has 2 heterocycles. The Labute approximate surface area is 240 Å². The number of para-hydroxylation sites is 1. The highest BCUT2D eigenvalue weighted by Crippen LogP contribution is 2.39. The van der Waals surface area contributed by atoms with Gasteiger partial charge in [-0.25, -0.2) is 4.98 Å². The highest BCUT2D eigenvalue weighted by atomic mass is 32.2. The van der Waals surface area contributed by atoms with Crippen molar-refractivity contribution in [2.45, 2.75) is 32.5 Å². The molecule has 0 saturated heterocycles. The summed E-state index contributed by atoms with van der Waals surface area (Å²) in [5.74, 6) is 1.40. The Hall–Kier alpha value is -4.10. The molecule has 2 amide bonds. The number of amides is 2. The lowest BCUT2D eigenvalue weighted by molar-refractivity contribution is -0.113. The number of ether oxygens (including phenoxy) is 3. The van der Waals surface area contributed by atoms with Crippen molar-refractivity contribution in [3.63, 3.8) is 0 Å². The van der Waals surface area contributed by atoms with Gasteiger partial charge in [-0.3, -0.25) is 14.2 Å². The second kappa shape index (κ2) is 14.3. The summed E-state index contributed by atoms with van der Waals surface area (Å²) in [6.07, 6.45) is 1.63. The Morgan fingerprint density at radius 3 is 2.30 bits per heavy atom. The maximum absolute atomic E-state index is 13.2. The average Bonchev–Trinajstić information content (AvgIpc) is 3.62. The molecule has 0 aliphatic carbocycles. The Kier molecular flexibility index (Phi) is 10.4. The van der Waals surface area contributed by atoms with E-state index in [-0.39, 0.29) is 24.1 Å². The van der Waals surface area contributed by atoms with Crippen molar-refractivity contribution in [3.8, 4) is 22.9 Å². The van der Waals surface area contributed by atoms with E-state index in [0.29, 0.717) is 58.7 Å². The molecule has 4 aromatic rings. The predicted molar refractivity (Wildman–Crippen MR) is 154 cm³/mol. The van der Waals surface area contributed by atoms with Gasteiger partial charge in [0, 0.05) is 22.8 Å². The van der Waals surface area contributed by atoms with Gasteiger partial charge in [-0.15, -0.1) is 21.5 Å². The Morgan fingerprint density at radius 1 is 0.975 bits per heavy atom. The Bertz CT molecular complexity index is 1390. The second-order valence-corrected chi connectivity index (χ2v) is 9.86. The summed E-state index contributed by atoms with van der Waals surface area (Å²) in [7, 11) is 0. The van der Waals surface area contributed by atoms with Crippen LogP contribution in [0, 0.1) is 0 Å². The largest absolute Gasteiger partial charge is 0.490 e. The van der Waals surface area contributed by atoms with E-state index in [0.717, 1.165) is 5.69 Å². The summed E-state index contributed by atoms with van der Waals surface area (Å²) in [6.45, 7) is 6.91. The fourth-order valence-electron chi connectivity index (χ4n) is 3.70. The van der Waals surface area contributed by atoms with E-state index in [1.165, 1.54) is 23.1 Å². The second-order valence-electron chi connectivity index (χ2n) is 8.03. The van der Waals surface area contributed by atoms with Crippen molar-refractivity contribution >= 4 is 40.0 Å². The van der Waals surface area contributed by atoms with Gasteiger partial charge in [-0.2, -0.15) is 0 Å². The molecule has 0 bridgehead atoms. The van der Waals surface area contributed by atoms with Crippen LogP contribution in [-0.4, -0.2) is 57.1 Å². The molecule has 2 N–H and O–H groups in total. The van der Waals surface area contributed by atoms with E-state index in [1.54, 1.807) is 23.7 Å². The van der Waals surface area contributed by atoms with Crippen LogP contribution in [0.4, 0.5) is 5.13 Å². The summed E-state index contributed by atoms with van der Waals surface area (Å²) in [5.41, 5.74) is 1.16. The van der Waals surface area contributed by atoms with E-state index < -0.39 is 0 Å². The molecular formula is C27H30N6O5S2. The fourth-order valence-corrected chi connectivity index (χ4v) is 5.01. The van der Waals surface area contributed by atoms with Crippen LogP contribution in [0.15, 0.2) is 59.2 Å². The number of aromatic nitrogens is 4. The molecule has 40 heavy (non-hydrogen) atoms. The molecule has 0 aliphatic heterocycles. The van der Waals surface area contributed by atoms with E-state index in [4.69, 9.17) is 14.2 Å². The molecule has 2 aromatic heterocycles. The molecule has 0 spiro atoms. The average molecular weight is 583 g/mol. The number of hydrogen-bond acceptors (Lipinski definition) is 10. The van der Waals surface area contributed by atoms with Gasteiger partial charge in [0.1, 0.15) is 0 Å². The lowest BCUT2D eigenvalue weighted by Gasteiger charge is -2.17. The summed E-state index contributed by atoms with van der Waals surface area (Å²) < 4.78 is 19.0. The number of anilines is 1. The smallest absolute Gasteiger partial charge is 0.251 e. The summed E-state index contributed by atoms with van der Waals surface area (Å²) in [4.78, 5) is 29.7. The van der Waals surface area contributed by atoms with Crippen LogP contribution in [-0.2, 0) is 11.3 Å². The zero-order valence-electron chi connectivity index (χ0n) is 22.4. The number of thioether (sulfide) groups is 1. The van der Waals surface area contributed by atoms with Gasteiger partial charge in [0.05, 0.1) is 32.1 Å². The van der Waals surface area contributed by atoms with Gasteiger partial charge < -0.3 is 24.8 Å². The maximum Gasteiger partial charge on any atom is 0.251 e. The number of nitrogens with one attached hydrogen (secondary N) is 2. The molecule has 13 heteroatoms. The number of carbonyl (C=O) groups excluding carboxylic acids is 2. The molecule has 0 saturated carbocycles. The van der Waals surface area contributed by atoms with E-state index in [9.17, 15) is 9.59 Å². The number of rotatable bonds is 14. The van der Waals surface area contributed by atoms with Crippen molar-refractivity contribution in [2.75, 3.05) is 30.9 Å². The molecule has 11 nitrogen and oxygen atoms in total. The number of carbonyl (C=O) groups is 2. The standard InChI is InChI=1S/C27H30N6O5S2/c1-4-36-20-14-18(15-21(37-5-2)24(20)38-6-3)25(35)29-16-22-31-32-27(33(22)19-10-8-7-9-11-19)40-17-23(34)30-26-28-12-13-39-26/h7-15H,4-6,16-17H2,1-3H3,(H,29,35)(H,28,30,34). The van der Waals surface area contributed by atoms with E-state index in [1.807, 2.05) is 55.7 Å². The lowest BCUT2D eigenvalue weighted by Crippen LogP contribution is -2.25. The first-order valence-electron chi connectivity index (χ1n) is 12.7. The topological polar surface area (TPSA) is 129 Å². The van der Waals surface area contributed by atoms with Crippen LogP contribution >= 0.6 is 23.1 Å². The van der Waals surface area contributed by atoms with E-state index >= 15 is 0 Å². The first-order chi connectivity index (χ1) is 19.5. The van der Waals surface area contributed by atoms with Gasteiger partial charge in [0.2, 0.25) is 11.7 Å². The minimum Gasteiger partial charge on any atom is -0.490 e. The van der Waals surface area contributed by atoms with Gasteiger partial charge in [0.15, 0.2) is 27.6 Å². The van der Waals surface area contributed by atoms with Crippen molar-refractivity contribution in [2.24, 2.45) is 0 Å². The molecule has 0 atom stereocenters. The molecule has 0 aliphatic rings. The number of benzene rings is 2. The lowest BCUT2D eigenvalue weighted by atomic mass is 10.1. The minimum atomic E-state index is -0.343. The molecular weight excluding hydrogens is 552 g/mol. The number of nitrogens with zero attached hydrogens (tertiary/aromatic N) is 4. The summed E-state index contributed by atoms with van der Waals surface area (Å²) in [5, 5.41) is 17.1. The highest BCUT2D eigenvalue weighted by Gasteiger charge is 2.20. The molecule has 0 fully saturated rings. The molecule has 2 aromatic carbocycles. The molecule has 210 valence electrons. The molecule has 0 unspecified atom stereocenters. The molecule has 4 rings (SSSR count). The van der Waals surface area contributed by atoms with Crippen molar-refractivity contribution < 1.29 is 23.8 Å². The van der Waals surface area contributed by atoms with Crippen LogP contribution in [0.5, 0.6) is 17.2 Å². The Morgan fingerprint density at radius 2 is 1.68 bits per heavy atom. The first kappa shape index (κ1) is 28.9. The monoisotopic (exact) mass is 582 g/mol. The van der Waals surface area contributed by atoms with Crippen LogP contribution in [0.3, 0.4) is 0 Å². The quantitative estimate of drug-likeness (QED) is 0.205.